The molecule has 29 heavy (non-hydrogen) atoms. The van der Waals surface area contributed by atoms with Gasteiger partial charge in [-0.1, -0.05) is 35.0 Å². The first-order valence-electron chi connectivity index (χ1n) is 9.18. The second kappa shape index (κ2) is 9.93. The highest BCUT2D eigenvalue weighted by Crippen LogP contribution is 2.29. The molecule has 0 saturated carbocycles. The third-order valence-electron chi connectivity index (χ3n) is 4.19. The van der Waals surface area contributed by atoms with E-state index in [9.17, 15) is 4.79 Å². The van der Waals surface area contributed by atoms with Gasteiger partial charge < -0.3 is 19.3 Å². The van der Waals surface area contributed by atoms with Crippen LogP contribution in [0, 0.1) is 6.92 Å². The van der Waals surface area contributed by atoms with Crippen molar-refractivity contribution in [3.63, 3.8) is 0 Å². The van der Waals surface area contributed by atoms with Gasteiger partial charge in [0.1, 0.15) is 6.61 Å². The maximum atomic E-state index is 12.4. The Kier molecular flexibility index (Phi) is 7.08. The first-order valence-corrected chi connectivity index (χ1v) is 9.56. The van der Waals surface area contributed by atoms with Crippen molar-refractivity contribution < 1.29 is 18.8 Å². The van der Waals surface area contributed by atoms with Gasteiger partial charge in [0.05, 0.1) is 7.11 Å². The summed E-state index contributed by atoms with van der Waals surface area (Å²) in [6.45, 7) is 2.56. The zero-order chi connectivity index (χ0) is 20.6. The smallest absolute Gasteiger partial charge is 0.251 e. The van der Waals surface area contributed by atoms with Crippen LogP contribution >= 0.6 is 11.6 Å². The molecule has 0 radical (unpaired) electrons. The van der Waals surface area contributed by atoms with Gasteiger partial charge in [-0.2, -0.15) is 4.98 Å². The van der Waals surface area contributed by atoms with Gasteiger partial charge in [-0.25, -0.2) is 0 Å². The molecule has 1 heterocycles. The summed E-state index contributed by atoms with van der Waals surface area (Å²) in [7, 11) is 1.53. The van der Waals surface area contributed by atoms with Crippen molar-refractivity contribution >= 4 is 17.5 Å². The largest absolute Gasteiger partial charge is 0.493 e. The number of benzene rings is 2. The predicted octanol–water partition coefficient (Wildman–Crippen LogP) is 3.98. The Hall–Kier alpha value is -3.06. The van der Waals surface area contributed by atoms with E-state index in [1.807, 2.05) is 24.3 Å². The Balaban J connectivity index is 1.54. The molecule has 3 aromatic rings. The number of aryl methyl sites for hydroxylation is 2. The maximum absolute atomic E-state index is 12.4. The van der Waals surface area contributed by atoms with E-state index in [1.54, 1.807) is 25.1 Å². The topological polar surface area (TPSA) is 86.5 Å². The average molecular weight is 416 g/mol. The monoisotopic (exact) mass is 415 g/mol. The van der Waals surface area contributed by atoms with Crippen molar-refractivity contribution in [1.29, 1.82) is 0 Å². The first kappa shape index (κ1) is 20.7. The fourth-order valence-corrected chi connectivity index (χ4v) is 2.87. The number of hydrogen-bond donors (Lipinski definition) is 1. The standard InChI is InChI=1S/C21H22ClN3O4/c1-14-24-20(29-25-14)8-5-11-23-21(26)15-9-10-18(19(12-15)27-2)28-13-16-6-3-4-7-17(16)22/h3-4,6-7,9-10,12H,5,8,11,13H2,1-2H3,(H,23,26). The molecular weight excluding hydrogens is 394 g/mol. The Morgan fingerprint density at radius 1 is 1.21 bits per heavy atom. The molecule has 152 valence electrons. The summed E-state index contributed by atoms with van der Waals surface area (Å²) in [5.41, 5.74) is 1.36. The van der Waals surface area contributed by atoms with Gasteiger partial charge in [0.15, 0.2) is 17.3 Å². The summed E-state index contributed by atoms with van der Waals surface area (Å²) in [5, 5.41) is 7.24. The molecule has 0 fully saturated rings. The fourth-order valence-electron chi connectivity index (χ4n) is 2.68. The first-order chi connectivity index (χ1) is 14.1. The Labute approximate surface area is 174 Å². The molecule has 0 spiro atoms. The normalized spacial score (nSPS) is 10.6. The van der Waals surface area contributed by atoms with Crippen LogP contribution in [0.2, 0.25) is 5.02 Å². The van der Waals surface area contributed by atoms with Crippen molar-refractivity contribution in [2.75, 3.05) is 13.7 Å². The highest BCUT2D eigenvalue weighted by atomic mass is 35.5. The van der Waals surface area contributed by atoms with Crippen molar-refractivity contribution in [3.05, 3.63) is 70.3 Å². The molecule has 0 aliphatic carbocycles. The third kappa shape index (κ3) is 5.71. The number of halogens is 1. The van der Waals surface area contributed by atoms with E-state index < -0.39 is 0 Å². The molecule has 0 atom stereocenters. The number of hydrogen-bond acceptors (Lipinski definition) is 6. The lowest BCUT2D eigenvalue weighted by atomic mass is 10.1. The van der Waals surface area contributed by atoms with Gasteiger partial charge >= 0.3 is 0 Å². The molecule has 0 bridgehead atoms. The molecule has 3 rings (SSSR count). The lowest BCUT2D eigenvalue weighted by molar-refractivity contribution is 0.0952. The third-order valence-corrected chi connectivity index (χ3v) is 4.56. The second-order valence-corrected chi connectivity index (χ2v) is 6.75. The van der Waals surface area contributed by atoms with Crippen LogP contribution in [0.25, 0.3) is 0 Å². The number of carbonyl (C=O) groups excluding carboxylic acids is 1. The van der Waals surface area contributed by atoms with E-state index in [0.717, 1.165) is 5.56 Å². The number of methoxy groups -OCH3 is 1. The van der Waals surface area contributed by atoms with Crippen LogP contribution in [-0.2, 0) is 13.0 Å². The SMILES string of the molecule is COc1cc(C(=O)NCCCc2nc(C)no2)ccc1OCc1ccccc1Cl. The summed E-state index contributed by atoms with van der Waals surface area (Å²) >= 11 is 6.15. The number of ether oxygens (including phenoxy) is 2. The molecule has 7 nitrogen and oxygen atoms in total. The van der Waals surface area contributed by atoms with Crippen LogP contribution in [-0.4, -0.2) is 29.7 Å². The van der Waals surface area contributed by atoms with Gasteiger partial charge in [0.25, 0.3) is 5.91 Å². The number of rotatable bonds is 9. The summed E-state index contributed by atoms with van der Waals surface area (Å²) in [4.78, 5) is 16.5. The quantitative estimate of drug-likeness (QED) is 0.532. The van der Waals surface area contributed by atoms with Gasteiger partial charge in [0.2, 0.25) is 5.89 Å². The number of amides is 1. The second-order valence-electron chi connectivity index (χ2n) is 6.34. The van der Waals surface area contributed by atoms with Crippen LogP contribution < -0.4 is 14.8 Å². The summed E-state index contributed by atoms with van der Waals surface area (Å²) in [6, 6.07) is 12.5. The Morgan fingerprint density at radius 3 is 2.76 bits per heavy atom. The molecule has 1 N–H and O–H groups in total. The molecule has 0 unspecified atom stereocenters. The summed E-state index contributed by atoms with van der Waals surface area (Å²) in [5.74, 6) is 2.00. The Morgan fingerprint density at radius 2 is 2.03 bits per heavy atom. The van der Waals surface area contributed by atoms with E-state index in [0.29, 0.717) is 59.8 Å². The molecule has 2 aromatic carbocycles. The molecule has 0 saturated heterocycles. The zero-order valence-corrected chi connectivity index (χ0v) is 17.0. The van der Waals surface area contributed by atoms with Crippen molar-refractivity contribution in [1.82, 2.24) is 15.5 Å². The molecular formula is C21H22ClN3O4. The number of aromatic nitrogens is 2. The van der Waals surface area contributed by atoms with E-state index in [4.69, 9.17) is 25.6 Å². The van der Waals surface area contributed by atoms with Gasteiger partial charge in [-0.05, 0) is 37.6 Å². The molecule has 0 aliphatic heterocycles. The van der Waals surface area contributed by atoms with Crippen molar-refractivity contribution in [3.8, 4) is 11.5 Å². The van der Waals surface area contributed by atoms with E-state index in [-0.39, 0.29) is 5.91 Å². The highest BCUT2D eigenvalue weighted by Gasteiger charge is 2.12. The van der Waals surface area contributed by atoms with E-state index in [1.165, 1.54) is 7.11 Å². The minimum atomic E-state index is -0.192. The molecule has 1 amide bonds. The summed E-state index contributed by atoms with van der Waals surface area (Å²) < 4.78 is 16.2. The minimum Gasteiger partial charge on any atom is -0.493 e. The fraction of sp³-hybridized carbons (Fsp3) is 0.286. The summed E-state index contributed by atoms with van der Waals surface area (Å²) in [6.07, 6.45) is 1.31. The minimum absolute atomic E-state index is 0.192. The molecule has 8 heteroatoms. The van der Waals surface area contributed by atoms with Crippen LogP contribution in [0.5, 0.6) is 11.5 Å². The average Bonchev–Trinajstić information content (AvgIpc) is 3.15. The Bertz CT molecular complexity index is 974. The predicted molar refractivity (Wildman–Crippen MR) is 108 cm³/mol. The maximum Gasteiger partial charge on any atom is 0.251 e. The lowest BCUT2D eigenvalue weighted by Gasteiger charge is -2.13. The van der Waals surface area contributed by atoms with Crippen LogP contribution in [0.3, 0.4) is 0 Å². The number of nitrogens with zero attached hydrogens (tertiary/aromatic N) is 2. The number of carbonyl (C=O) groups is 1. The lowest BCUT2D eigenvalue weighted by Crippen LogP contribution is -2.24. The van der Waals surface area contributed by atoms with E-state index >= 15 is 0 Å². The molecule has 1 aromatic heterocycles. The number of nitrogens with one attached hydrogen (secondary N) is 1. The van der Waals surface area contributed by atoms with Gasteiger partial charge in [0, 0.05) is 29.1 Å². The van der Waals surface area contributed by atoms with Crippen molar-refractivity contribution in [2.45, 2.75) is 26.4 Å². The van der Waals surface area contributed by atoms with Gasteiger partial charge in [-0.3, -0.25) is 4.79 Å². The molecule has 0 aliphatic rings. The van der Waals surface area contributed by atoms with E-state index in [2.05, 4.69) is 15.5 Å². The van der Waals surface area contributed by atoms with Crippen LogP contribution in [0.4, 0.5) is 0 Å². The van der Waals surface area contributed by atoms with Gasteiger partial charge in [-0.15, -0.1) is 0 Å². The van der Waals surface area contributed by atoms with Crippen LogP contribution in [0.1, 0.15) is 34.1 Å². The van der Waals surface area contributed by atoms with Crippen molar-refractivity contribution in [2.24, 2.45) is 0 Å². The zero-order valence-electron chi connectivity index (χ0n) is 16.3. The highest BCUT2D eigenvalue weighted by molar-refractivity contribution is 6.31. The van der Waals surface area contributed by atoms with Crippen LogP contribution in [0.15, 0.2) is 47.0 Å².